The highest BCUT2D eigenvalue weighted by molar-refractivity contribution is 5.95. The van der Waals surface area contributed by atoms with Gasteiger partial charge in [0.1, 0.15) is 18.2 Å². The molecular weight excluding hydrogens is 369 g/mol. The van der Waals surface area contributed by atoms with E-state index in [1.807, 2.05) is 31.2 Å². The van der Waals surface area contributed by atoms with Gasteiger partial charge in [-0.1, -0.05) is 25.0 Å². The van der Waals surface area contributed by atoms with Crippen LogP contribution in [0.25, 0.3) is 5.69 Å². The highest BCUT2D eigenvalue weighted by Gasteiger charge is 2.17. The number of carbonyl (C=O) groups is 1. The minimum Gasteiger partial charge on any atom is -0.481 e. The number of carbonyl (C=O) groups excluding carboxylic acids is 1. The Morgan fingerprint density at radius 2 is 1.93 bits per heavy atom. The predicted molar refractivity (Wildman–Crippen MR) is 110 cm³/mol. The summed E-state index contributed by atoms with van der Waals surface area (Å²) in [6.45, 7) is 2.69. The third-order valence-corrected chi connectivity index (χ3v) is 4.46. The van der Waals surface area contributed by atoms with E-state index < -0.39 is 0 Å². The molecule has 6 heteroatoms. The van der Waals surface area contributed by atoms with E-state index in [0.29, 0.717) is 24.9 Å². The van der Waals surface area contributed by atoms with E-state index in [1.54, 1.807) is 23.0 Å². The molecule has 1 heterocycles. The van der Waals surface area contributed by atoms with Crippen LogP contribution in [0.15, 0.2) is 54.7 Å². The lowest BCUT2D eigenvalue weighted by Gasteiger charge is -2.09. The molecule has 0 saturated heterocycles. The van der Waals surface area contributed by atoms with Crippen molar-refractivity contribution >= 4 is 5.91 Å². The molecule has 0 aliphatic rings. The molecule has 0 fully saturated rings. The third kappa shape index (κ3) is 5.02. The summed E-state index contributed by atoms with van der Waals surface area (Å²) in [6, 6.07) is 13.6. The molecular formula is C23H22FN3O2. The van der Waals surface area contributed by atoms with Crippen LogP contribution in [0.3, 0.4) is 0 Å². The molecule has 0 saturated carbocycles. The molecule has 1 N–H and O–H groups in total. The topological polar surface area (TPSA) is 56.1 Å². The number of aromatic nitrogens is 2. The maximum absolute atomic E-state index is 13.2. The first kappa shape index (κ1) is 20.2. The Morgan fingerprint density at radius 1 is 1.21 bits per heavy atom. The van der Waals surface area contributed by atoms with Crippen LogP contribution in [0.2, 0.25) is 0 Å². The predicted octanol–water partition coefficient (Wildman–Crippen LogP) is 3.56. The van der Waals surface area contributed by atoms with Crippen molar-refractivity contribution in [2.45, 2.75) is 19.8 Å². The number of hydrogen-bond donors (Lipinski definition) is 1. The zero-order chi connectivity index (χ0) is 20.6. The SMILES string of the molecule is C#CCOc1ccc(CCNC(=O)c2cnn(-c3ccc(F)cc3)c2CC)cc1. The number of rotatable bonds is 8. The van der Waals surface area contributed by atoms with Gasteiger partial charge in [0.2, 0.25) is 0 Å². The minimum absolute atomic E-state index is 0.177. The molecule has 0 spiro atoms. The lowest BCUT2D eigenvalue weighted by Crippen LogP contribution is -2.26. The lowest BCUT2D eigenvalue weighted by molar-refractivity contribution is 0.0953. The van der Waals surface area contributed by atoms with Crippen molar-refractivity contribution in [3.63, 3.8) is 0 Å². The van der Waals surface area contributed by atoms with E-state index in [1.165, 1.54) is 12.1 Å². The average molecular weight is 391 g/mol. The molecule has 3 aromatic rings. The van der Waals surface area contributed by atoms with Crippen LogP contribution < -0.4 is 10.1 Å². The molecule has 0 unspecified atom stereocenters. The van der Waals surface area contributed by atoms with Gasteiger partial charge in [0, 0.05) is 6.54 Å². The highest BCUT2D eigenvalue weighted by Crippen LogP contribution is 2.17. The van der Waals surface area contributed by atoms with Crippen molar-refractivity contribution in [1.29, 1.82) is 0 Å². The van der Waals surface area contributed by atoms with E-state index in [9.17, 15) is 9.18 Å². The van der Waals surface area contributed by atoms with Crippen molar-refractivity contribution in [2.24, 2.45) is 0 Å². The van der Waals surface area contributed by atoms with E-state index in [-0.39, 0.29) is 18.3 Å². The molecule has 0 aliphatic carbocycles. The van der Waals surface area contributed by atoms with Crippen molar-refractivity contribution in [3.05, 3.63) is 77.4 Å². The van der Waals surface area contributed by atoms with E-state index >= 15 is 0 Å². The molecule has 0 aliphatic heterocycles. The van der Waals surface area contributed by atoms with Gasteiger partial charge >= 0.3 is 0 Å². The fourth-order valence-corrected chi connectivity index (χ4v) is 3.00. The zero-order valence-electron chi connectivity index (χ0n) is 16.2. The fourth-order valence-electron chi connectivity index (χ4n) is 3.00. The van der Waals surface area contributed by atoms with Crippen molar-refractivity contribution in [2.75, 3.05) is 13.2 Å². The minimum atomic E-state index is -0.312. The summed E-state index contributed by atoms with van der Waals surface area (Å²) in [4.78, 5) is 12.6. The molecule has 0 radical (unpaired) electrons. The Morgan fingerprint density at radius 3 is 2.59 bits per heavy atom. The molecule has 5 nitrogen and oxygen atoms in total. The number of amides is 1. The standard InChI is InChI=1S/C23H22FN3O2/c1-3-15-29-20-11-5-17(6-12-20)13-14-25-23(28)21-16-26-27(22(21)4-2)19-9-7-18(24)8-10-19/h1,5-12,16H,4,13-15H2,2H3,(H,25,28). The number of terminal acetylenes is 1. The molecule has 148 valence electrons. The number of ether oxygens (including phenoxy) is 1. The summed E-state index contributed by atoms with van der Waals surface area (Å²) in [6.07, 6.45) is 8.04. The summed E-state index contributed by atoms with van der Waals surface area (Å²) >= 11 is 0. The molecule has 0 bridgehead atoms. The first-order chi connectivity index (χ1) is 14.1. The Hall–Kier alpha value is -3.59. The van der Waals surface area contributed by atoms with Gasteiger partial charge in [-0.2, -0.15) is 5.10 Å². The second kappa shape index (κ2) is 9.56. The van der Waals surface area contributed by atoms with Crippen LogP contribution in [-0.4, -0.2) is 28.8 Å². The van der Waals surface area contributed by atoms with Gasteiger partial charge in [-0.05, 0) is 54.8 Å². The summed E-state index contributed by atoms with van der Waals surface area (Å²) in [5, 5.41) is 7.25. The van der Waals surface area contributed by atoms with Crippen LogP contribution in [0.5, 0.6) is 5.75 Å². The van der Waals surface area contributed by atoms with E-state index in [0.717, 1.165) is 22.7 Å². The maximum atomic E-state index is 13.2. The molecule has 1 amide bonds. The Bertz CT molecular complexity index is 1000. The van der Waals surface area contributed by atoms with Crippen LogP contribution in [0.1, 0.15) is 28.5 Å². The molecule has 1 aromatic heterocycles. The summed E-state index contributed by atoms with van der Waals surface area (Å²) in [5.74, 6) is 2.65. The van der Waals surface area contributed by atoms with Crippen LogP contribution >= 0.6 is 0 Å². The molecule has 29 heavy (non-hydrogen) atoms. The monoisotopic (exact) mass is 391 g/mol. The van der Waals surface area contributed by atoms with Gasteiger partial charge < -0.3 is 10.1 Å². The quantitative estimate of drug-likeness (QED) is 0.598. The van der Waals surface area contributed by atoms with Gasteiger partial charge in [-0.15, -0.1) is 6.42 Å². The Kier molecular flexibility index (Phi) is 6.64. The number of nitrogens with zero attached hydrogens (tertiary/aromatic N) is 2. The van der Waals surface area contributed by atoms with Crippen LogP contribution in [0, 0.1) is 18.2 Å². The van der Waals surface area contributed by atoms with Crippen molar-refractivity contribution in [1.82, 2.24) is 15.1 Å². The smallest absolute Gasteiger partial charge is 0.254 e. The van der Waals surface area contributed by atoms with Gasteiger partial charge in [0.25, 0.3) is 5.91 Å². The zero-order valence-corrected chi connectivity index (χ0v) is 16.2. The highest BCUT2D eigenvalue weighted by atomic mass is 19.1. The van der Waals surface area contributed by atoms with E-state index in [4.69, 9.17) is 11.2 Å². The molecule has 2 aromatic carbocycles. The van der Waals surface area contributed by atoms with Crippen LogP contribution in [-0.2, 0) is 12.8 Å². The van der Waals surface area contributed by atoms with E-state index in [2.05, 4.69) is 16.3 Å². The van der Waals surface area contributed by atoms with Crippen LogP contribution in [0.4, 0.5) is 4.39 Å². The third-order valence-electron chi connectivity index (χ3n) is 4.46. The van der Waals surface area contributed by atoms with Gasteiger partial charge in [0.05, 0.1) is 23.1 Å². The van der Waals surface area contributed by atoms with Crippen molar-refractivity contribution in [3.8, 4) is 23.8 Å². The van der Waals surface area contributed by atoms with Gasteiger partial charge in [-0.25, -0.2) is 9.07 Å². The Labute approximate surface area is 169 Å². The van der Waals surface area contributed by atoms with Gasteiger partial charge in [-0.3, -0.25) is 4.79 Å². The Balaban J connectivity index is 1.61. The van der Waals surface area contributed by atoms with Gasteiger partial charge in [0.15, 0.2) is 0 Å². The first-order valence-corrected chi connectivity index (χ1v) is 9.38. The number of hydrogen-bond acceptors (Lipinski definition) is 3. The number of benzene rings is 2. The summed E-state index contributed by atoms with van der Waals surface area (Å²) in [5.41, 5.74) is 3.10. The first-order valence-electron chi connectivity index (χ1n) is 9.38. The average Bonchev–Trinajstić information content (AvgIpc) is 3.18. The van der Waals surface area contributed by atoms with Crippen molar-refractivity contribution < 1.29 is 13.9 Å². The summed E-state index contributed by atoms with van der Waals surface area (Å²) in [7, 11) is 0. The largest absolute Gasteiger partial charge is 0.481 e. The lowest BCUT2D eigenvalue weighted by atomic mass is 10.1. The normalized spacial score (nSPS) is 10.4. The number of nitrogens with one attached hydrogen (secondary N) is 1. The number of halogens is 1. The second-order valence-corrected chi connectivity index (χ2v) is 6.39. The summed E-state index contributed by atoms with van der Waals surface area (Å²) < 4.78 is 20.2. The molecule has 0 atom stereocenters. The molecule has 3 rings (SSSR count). The maximum Gasteiger partial charge on any atom is 0.254 e. The second-order valence-electron chi connectivity index (χ2n) is 6.39. The fraction of sp³-hybridized carbons (Fsp3) is 0.217.